The van der Waals surface area contributed by atoms with Gasteiger partial charge in [-0.1, -0.05) is 18.2 Å². The third kappa shape index (κ3) is 4.93. The van der Waals surface area contributed by atoms with Gasteiger partial charge in [-0.05, 0) is 31.5 Å². The van der Waals surface area contributed by atoms with Crippen molar-refractivity contribution >= 4 is 56.5 Å². The van der Waals surface area contributed by atoms with E-state index in [0.29, 0.717) is 19.6 Å². The molecule has 0 spiro atoms. The SMILES string of the molecule is CN=C(NCc1cc(N(C)C)nc2ccccc12)N1CCS(=O)(=O)C(C)(C)C1.I. The second kappa shape index (κ2) is 9.03. The highest BCUT2D eigenvalue weighted by atomic mass is 127. The number of rotatable bonds is 3. The number of anilines is 1. The van der Waals surface area contributed by atoms with E-state index < -0.39 is 14.6 Å². The van der Waals surface area contributed by atoms with Crippen LogP contribution >= 0.6 is 24.0 Å². The topological polar surface area (TPSA) is 77.9 Å². The van der Waals surface area contributed by atoms with Crippen LogP contribution in [-0.4, -0.2) is 69.0 Å². The van der Waals surface area contributed by atoms with Gasteiger partial charge in [0.1, 0.15) is 5.82 Å². The molecule has 1 aromatic carbocycles. The summed E-state index contributed by atoms with van der Waals surface area (Å²) in [6.45, 7) is 5.02. The molecule has 1 N–H and O–H groups in total. The normalized spacial score (nSPS) is 18.2. The maximum atomic E-state index is 12.3. The number of fused-ring (bicyclic) bond motifs is 1. The number of guanidine groups is 1. The fourth-order valence-electron chi connectivity index (χ4n) is 3.44. The molecule has 0 radical (unpaired) electrons. The molecule has 0 bridgehead atoms. The quantitative estimate of drug-likeness (QED) is 0.373. The first-order valence-corrected chi connectivity index (χ1v) is 11.0. The van der Waals surface area contributed by atoms with E-state index in [0.717, 1.165) is 28.2 Å². The summed E-state index contributed by atoms with van der Waals surface area (Å²) >= 11 is 0. The summed E-state index contributed by atoms with van der Waals surface area (Å²) in [6, 6.07) is 10.2. The van der Waals surface area contributed by atoms with Crippen LogP contribution in [0, 0.1) is 0 Å². The lowest BCUT2D eigenvalue weighted by molar-refractivity contribution is 0.353. The zero-order valence-corrected chi connectivity index (χ0v) is 20.8. The second-order valence-corrected chi connectivity index (χ2v) is 10.7. The van der Waals surface area contributed by atoms with E-state index in [2.05, 4.69) is 22.4 Å². The van der Waals surface area contributed by atoms with Gasteiger partial charge in [0.2, 0.25) is 0 Å². The molecule has 1 fully saturated rings. The Hall–Kier alpha value is -1.62. The monoisotopic (exact) mass is 531 g/mol. The maximum absolute atomic E-state index is 12.3. The first-order chi connectivity index (χ1) is 13.1. The predicted molar refractivity (Wildman–Crippen MR) is 131 cm³/mol. The molecule has 2 aromatic rings. The van der Waals surface area contributed by atoms with Crippen LogP contribution < -0.4 is 10.2 Å². The molecule has 1 saturated heterocycles. The lowest BCUT2D eigenvalue weighted by atomic mass is 10.1. The lowest BCUT2D eigenvalue weighted by Gasteiger charge is -2.39. The van der Waals surface area contributed by atoms with Crippen molar-refractivity contribution in [2.45, 2.75) is 25.1 Å². The lowest BCUT2D eigenvalue weighted by Crippen LogP contribution is -2.57. The highest BCUT2D eigenvalue weighted by molar-refractivity contribution is 14.0. The summed E-state index contributed by atoms with van der Waals surface area (Å²) in [4.78, 5) is 13.1. The number of pyridine rings is 1. The van der Waals surface area contributed by atoms with Crippen LogP contribution in [0.15, 0.2) is 35.3 Å². The minimum Gasteiger partial charge on any atom is -0.363 e. The summed E-state index contributed by atoms with van der Waals surface area (Å²) in [5.74, 6) is 1.76. The van der Waals surface area contributed by atoms with Gasteiger partial charge in [0.05, 0.1) is 16.0 Å². The average molecular weight is 531 g/mol. The van der Waals surface area contributed by atoms with Crippen LogP contribution in [0.25, 0.3) is 10.9 Å². The number of aromatic nitrogens is 1. The number of sulfone groups is 1. The van der Waals surface area contributed by atoms with E-state index >= 15 is 0 Å². The van der Waals surface area contributed by atoms with Crippen molar-refractivity contribution in [3.63, 3.8) is 0 Å². The first-order valence-electron chi connectivity index (χ1n) is 9.38. The van der Waals surface area contributed by atoms with Gasteiger partial charge >= 0.3 is 0 Å². The minimum atomic E-state index is -3.08. The molecule has 0 amide bonds. The number of halogens is 1. The Balaban J connectivity index is 0.00000300. The largest absolute Gasteiger partial charge is 0.363 e. The van der Waals surface area contributed by atoms with E-state index in [1.54, 1.807) is 20.9 Å². The second-order valence-electron chi connectivity index (χ2n) is 7.95. The van der Waals surface area contributed by atoms with Crippen LogP contribution in [0.2, 0.25) is 0 Å². The van der Waals surface area contributed by atoms with Crippen molar-refractivity contribution < 1.29 is 8.42 Å². The molecule has 3 rings (SSSR count). The van der Waals surface area contributed by atoms with Gasteiger partial charge in [0.25, 0.3) is 0 Å². The zero-order valence-electron chi connectivity index (χ0n) is 17.6. The van der Waals surface area contributed by atoms with E-state index in [-0.39, 0.29) is 29.7 Å². The van der Waals surface area contributed by atoms with Gasteiger partial charge in [-0.3, -0.25) is 4.99 Å². The maximum Gasteiger partial charge on any atom is 0.193 e. The summed E-state index contributed by atoms with van der Waals surface area (Å²) in [5, 5.41) is 4.51. The van der Waals surface area contributed by atoms with E-state index in [1.165, 1.54) is 0 Å². The highest BCUT2D eigenvalue weighted by Gasteiger charge is 2.40. The zero-order chi connectivity index (χ0) is 20.5. The van der Waals surface area contributed by atoms with Gasteiger partial charge in [0.15, 0.2) is 15.8 Å². The fraction of sp³-hybridized carbons (Fsp3) is 0.500. The Morgan fingerprint density at radius 1 is 1.31 bits per heavy atom. The van der Waals surface area contributed by atoms with Crippen LogP contribution in [-0.2, 0) is 16.4 Å². The molecule has 160 valence electrons. The third-order valence-corrected chi connectivity index (χ3v) is 7.77. The van der Waals surface area contributed by atoms with Crippen molar-refractivity contribution in [2.75, 3.05) is 44.9 Å². The molecule has 0 atom stereocenters. The molecule has 0 aliphatic carbocycles. The summed E-state index contributed by atoms with van der Waals surface area (Å²) in [5.41, 5.74) is 2.07. The molecule has 1 aliphatic heterocycles. The van der Waals surface area contributed by atoms with Crippen molar-refractivity contribution in [2.24, 2.45) is 4.99 Å². The van der Waals surface area contributed by atoms with E-state index in [9.17, 15) is 8.42 Å². The molecule has 7 nitrogen and oxygen atoms in total. The van der Waals surface area contributed by atoms with E-state index in [4.69, 9.17) is 4.98 Å². The Labute approximate surface area is 190 Å². The van der Waals surface area contributed by atoms with Gasteiger partial charge in [-0.15, -0.1) is 24.0 Å². The molecule has 29 heavy (non-hydrogen) atoms. The summed E-state index contributed by atoms with van der Waals surface area (Å²) in [7, 11) is 2.60. The van der Waals surface area contributed by atoms with Crippen LogP contribution in [0.4, 0.5) is 5.82 Å². The number of hydrogen-bond donors (Lipinski definition) is 1. The highest BCUT2D eigenvalue weighted by Crippen LogP contribution is 2.25. The molecular weight excluding hydrogens is 501 g/mol. The van der Waals surface area contributed by atoms with Crippen LogP contribution in [0.5, 0.6) is 0 Å². The Morgan fingerprint density at radius 3 is 2.62 bits per heavy atom. The smallest absolute Gasteiger partial charge is 0.193 e. The van der Waals surface area contributed by atoms with E-state index in [1.807, 2.05) is 42.1 Å². The molecule has 1 aliphatic rings. The summed E-state index contributed by atoms with van der Waals surface area (Å²) < 4.78 is 23.8. The standard InChI is InChI=1S/C20H29N5O2S.HI/c1-20(2)14-25(10-11-28(20,26)27)19(21-3)22-13-15-12-18(24(4)5)23-17-9-7-6-8-16(15)17;/h6-9,12H,10-11,13-14H2,1-5H3,(H,21,22);1H. The van der Waals surface area contributed by atoms with Gasteiger partial charge in [0, 0.05) is 46.2 Å². The molecule has 2 heterocycles. The Bertz CT molecular complexity index is 1010. The van der Waals surface area contributed by atoms with Crippen molar-refractivity contribution in [3.05, 3.63) is 35.9 Å². The van der Waals surface area contributed by atoms with Crippen molar-refractivity contribution in [1.82, 2.24) is 15.2 Å². The minimum absolute atomic E-state index is 0. The van der Waals surface area contributed by atoms with Crippen LogP contribution in [0.1, 0.15) is 19.4 Å². The average Bonchev–Trinajstić information content (AvgIpc) is 2.64. The van der Waals surface area contributed by atoms with Crippen molar-refractivity contribution in [3.8, 4) is 0 Å². The predicted octanol–water partition coefficient (Wildman–Crippen LogP) is 2.50. The number of aliphatic imine (C=N–C) groups is 1. The van der Waals surface area contributed by atoms with Gasteiger partial charge < -0.3 is 15.1 Å². The van der Waals surface area contributed by atoms with Gasteiger partial charge in [-0.2, -0.15) is 0 Å². The molecule has 9 heteroatoms. The number of hydrogen-bond acceptors (Lipinski definition) is 5. The van der Waals surface area contributed by atoms with Crippen molar-refractivity contribution in [1.29, 1.82) is 0 Å². The Morgan fingerprint density at radius 2 is 2.00 bits per heavy atom. The number of benzene rings is 1. The number of para-hydroxylation sites is 1. The third-order valence-electron chi connectivity index (χ3n) is 5.24. The number of nitrogens with one attached hydrogen (secondary N) is 1. The van der Waals surface area contributed by atoms with Gasteiger partial charge in [-0.25, -0.2) is 13.4 Å². The summed E-state index contributed by atoms with van der Waals surface area (Å²) in [6.07, 6.45) is 0. The fourth-order valence-corrected chi connectivity index (χ4v) is 4.80. The molecule has 1 aromatic heterocycles. The molecular formula is C20H30IN5O2S. The van der Waals surface area contributed by atoms with Crippen LogP contribution in [0.3, 0.4) is 0 Å². The molecule has 0 unspecified atom stereocenters. The molecule has 0 saturated carbocycles. The Kier molecular flexibility index (Phi) is 7.37. The first kappa shape index (κ1) is 23.7. The number of nitrogens with zero attached hydrogens (tertiary/aromatic N) is 4.